The van der Waals surface area contributed by atoms with Crippen LogP contribution in [0.5, 0.6) is 0 Å². The van der Waals surface area contributed by atoms with Crippen LogP contribution < -0.4 is 0 Å². The summed E-state index contributed by atoms with van der Waals surface area (Å²) in [6.45, 7) is 5.46. The molecule has 1 heterocycles. The molecule has 2 rings (SSSR count). The number of rotatable bonds is 6. The Morgan fingerprint density at radius 1 is 1.15 bits per heavy atom. The number of aryl methyl sites for hydroxylation is 1. The second-order valence-electron chi connectivity index (χ2n) is 6.48. The summed E-state index contributed by atoms with van der Waals surface area (Å²) >= 11 is 0. The molecule has 4 atom stereocenters. The molecule has 0 radical (unpaired) electrons. The minimum Gasteiger partial charge on any atom is -0.387 e. The van der Waals surface area contributed by atoms with Crippen LogP contribution >= 0.6 is 0 Å². The molecule has 0 aromatic heterocycles. The van der Waals surface area contributed by atoms with Crippen molar-refractivity contribution in [3.05, 3.63) is 29.8 Å². The van der Waals surface area contributed by atoms with Gasteiger partial charge in [0.25, 0.3) is 10.1 Å². The van der Waals surface area contributed by atoms with Gasteiger partial charge in [0.1, 0.15) is 18.3 Å². The van der Waals surface area contributed by atoms with Gasteiger partial charge in [0, 0.05) is 0 Å². The first kappa shape index (κ1) is 22.0. The van der Waals surface area contributed by atoms with Crippen LogP contribution in [0.3, 0.4) is 0 Å². The average Bonchev–Trinajstić information content (AvgIpc) is 2.61. The summed E-state index contributed by atoms with van der Waals surface area (Å²) in [7, 11) is -7.16. The second-order valence-corrected chi connectivity index (χ2v) is 8.92. The Kier molecular flexibility index (Phi) is 7.17. The van der Waals surface area contributed by atoms with Crippen LogP contribution in [0, 0.1) is 12.8 Å². The third-order valence-electron chi connectivity index (χ3n) is 4.70. The highest BCUT2D eigenvalue weighted by Crippen LogP contribution is 2.31. The van der Waals surface area contributed by atoms with Crippen molar-refractivity contribution in [1.29, 1.82) is 0 Å². The summed E-state index contributed by atoms with van der Waals surface area (Å²) in [4.78, 5) is -0.111. The third kappa shape index (κ3) is 4.76. The highest BCUT2D eigenvalue weighted by atomic mass is 32.2. The largest absolute Gasteiger partial charge is 0.387 e. The Balaban J connectivity index is 2.43. The maximum absolute atomic E-state index is 12.6. The normalized spacial score (nSPS) is 26.4. The number of hydrogen-bond donors (Lipinski definition) is 2. The zero-order valence-electron chi connectivity index (χ0n) is 15.3. The molecule has 2 N–H and O–H groups in total. The van der Waals surface area contributed by atoms with Crippen LogP contribution in [-0.2, 0) is 29.3 Å². The van der Waals surface area contributed by atoms with Crippen LogP contribution in [0.4, 0.5) is 0 Å². The Hall–Kier alpha value is -1.30. The zero-order valence-corrected chi connectivity index (χ0v) is 16.9. The molecule has 27 heavy (non-hydrogen) atoms. The molecule has 0 amide bonds. The molecule has 1 aromatic carbocycles. The summed E-state index contributed by atoms with van der Waals surface area (Å²) in [6, 6.07) is 5.94. The fraction of sp³-hybridized carbons (Fsp3) is 0.588. The third-order valence-corrected chi connectivity index (χ3v) is 6.69. The van der Waals surface area contributed by atoms with E-state index >= 15 is 0 Å². The van der Waals surface area contributed by atoms with Crippen LogP contribution in [0.2, 0.25) is 0 Å². The predicted molar refractivity (Wildman–Crippen MR) is 98.1 cm³/mol. The lowest BCUT2D eigenvalue weighted by Crippen LogP contribution is -2.59. The van der Waals surface area contributed by atoms with Gasteiger partial charge in [0.15, 0.2) is 0 Å². The topological polar surface area (TPSA) is 127 Å². The van der Waals surface area contributed by atoms with E-state index < -0.39 is 49.9 Å². The lowest BCUT2D eigenvalue weighted by Gasteiger charge is -2.40. The van der Waals surface area contributed by atoms with Crippen molar-refractivity contribution in [1.82, 2.24) is 0 Å². The molecule has 1 saturated heterocycles. The van der Waals surface area contributed by atoms with Crippen LogP contribution in [-0.4, -0.2) is 56.5 Å². The molecule has 1 aliphatic heterocycles. The maximum atomic E-state index is 12.6. The van der Waals surface area contributed by atoms with E-state index in [9.17, 15) is 27.0 Å². The Morgan fingerprint density at radius 2 is 1.70 bits per heavy atom. The molecule has 8 nitrogen and oxygen atoms in total. The van der Waals surface area contributed by atoms with Crippen molar-refractivity contribution >= 4 is 25.5 Å². The predicted octanol–water partition coefficient (Wildman–Crippen LogP) is 0.635. The van der Waals surface area contributed by atoms with Gasteiger partial charge in [-0.1, -0.05) is 44.4 Å². The van der Waals surface area contributed by atoms with Gasteiger partial charge in [0.2, 0.25) is 15.3 Å². The highest BCUT2D eigenvalue weighted by Gasteiger charge is 2.48. The molecular weight excluding hydrogens is 396 g/mol. The van der Waals surface area contributed by atoms with Gasteiger partial charge in [-0.05, 0) is 25.0 Å². The molecular formula is C17H24O8S2. The van der Waals surface area contributed by atoms with Gasteiger partial charge in [-0.2, -0.15) is 16.8 Å². The van der Waals surface area contributed by atoms with Gasteiger partial charge in [-0.15, -0.1) is 0 Å². The minimum atomic E-state index is -4.27. The Bertz CT molecular complexity index is 877. The lowest BCUT2D eigenvalue weighted by molar-refractivity contribution is -0.119. The summed E-state index contributed by atoms with van der Waals surface area (Å²) in [5.74, 6) is -0.288. The molecule has 0 spiro atoms. The molecule has 0 saturated carbocycles. The van der Waals surface area contributed by atoms with E-state index in [2.05, 4.69) is 0 Å². The zero-order chi connectivity index (χ0) is 20.4. The molecule has 0 unspecified atom stereocenters. The highest BCUT2D eigenvalue weighted by molar-refractivity contribution is 7.86. The van der Waals surface area contributed by atoms with Crippen LogP contribution in [0.15, 0.2) is 29.2 Å². The molecule has 1 aromatic rings. The number of hydrogen-bond acceptors (Lipinski definition) is 8. The van der Waals surface area contributed by atoms with E-state index in [1.165, 1.54) is 12.1 Å². The van der Waals surface area contributed by atoms with Crippen molar-refractivity contribution < 1.29 is 36.0 Å². The van der Waals surface area contributed by atoms with E-state index in [0.717, 1.165) is 5.56 Å². The number of aliphatic hydroxyl groups is 2. The SMILES string of the molecule is CCC(CC)[C@H]1OC(=S(=O)=O)[C@@H](O)[C@@H](O)[C@@H]1OS(=O)(=O)c1ccc(C)cc1. The Morgan fingerprint density at radius 3 is 2.19 bits per heavy atom. The quantitative estimate of drug-likeness (QED) is 0.507. The van der Waals surface area contributed by atoms with E-state index in [-0.39, 0.29) is 10.8 Å². The number of ether oxygens (including phenoxy) is 1. The number of aliphatic hydroxyl groups excluding tert-OH is 2. The van der Waals surface area contributed by atoms with Crippen molar-refractivity contribution in [3.63, 3.8) is 0 Å². The summed E-state index contributed by atoms with van der Waals surface area (Å²) in [5.41, 5.74) is 0.859. The minimum absolute atomic E-state index is 0.111. The van der Waals surface area contributed by atoms with Gasteiger partial charge in [0.05, 0.1) is 11.0 Å². The second kappa shape index (κ2) is 8.80. The van der Waals surface area contributed by atoms with Gasteiger partial charge in [-0.3, -0.25) is 4.18 Å². The Labute approximate surface area is 160 Å². The fourth-order valence-corrected chi connectivity index (χ4v) is 4.68. The number of benzene rings is 1. The molecule has 1 aliphatic rings. The maximum Gasteiger partial charge on any atom is 0.297 e. The van der Waals surface area contributed by atoms with Gasteiger partial charge >= 0.3 is 0 Å². The van der Waals surface area contributed by atoms with Gasteiger partial charge in [-0.25, -0.2) is 0 Å². The standard InChI is InChI=1S/C17H24O8S2/c1-4-11(5-2)15-16(13(18)14(19)17(24-15)26(20)21)25-27(22,23)12-8-6-10(3)7-9-12/h6-9,11,13-16,18-19H,4-5H2,1-3H3/t13-,14+,15-,16+/m1/s1. The first-order valence-electron chi connectivity index (χ1n) is 8.61. The first-order chi connectivity index (χ1) is 12.6. The summed E-state index contributed by atoms with van der Waals surface area (Å²) < 4.78 is 58.5. The summed E-state index contributed by atoms with van der Waals surface area (Å²) in [5, 5.41) is 19.7. The van der Waals surface area contributed by atoms with E-state index in [4.69, 9.17) is 8.92 Å². The van der Waals surface area contributed by atoms with Crippen molar-refractivity contribution in [2.75, 3.05) is 0 Å². The van der Waals surface area contributed by atoms with Crippen molar-refractivity contribution in [2.45, 2.75) is 62.9 Å². The molecule has 152 valence electrons. The first-order valence-corrected chi connectivity index (χ1v) is 11.1. The van der Waals surface area contributed by atoms with E-state index in [1.54, 1.807) is 19.1 Å². The van der Waals surface area contributed by atoms with Crippen LogP contribution in [0.25, 0.3) is 0 Å². The van der Waals surface area contributed by atoms with Crippen LogP contribution in [0.1, 0.15) is 32.3 Å². The smallest absolute Gasteiger partial charge is 0.297 e. The average molecular weight is 421 g/mol. The monoisotopic (exact) mass is 420 g/mol. The molecule has 10 heteroatoms. The molecule has 0 aliphatic carbocycles. The molecule has 1 fully saturated rings. The molecule has 0 bridgehead atoms. The summed E-state index contributed by atoms with van der Waals surface area (Å²) in [6.07, 6.45) is -5.12. The van der Waals surface area contributed by atoms with Gasteiger partial charge < -0.3 is 14.9 Å². The van der Waals surface area contributed by atoms with Crippen molar-refractivity contribution in [3.8, 4) is 0 Å². The lowest BCUT2D eigenvalue weighted by atomic mass is 9.87. The van der Waals surface area contributed by atoms with E-state index in [0.29, 0.717) is 12.8 Å². The van der Waals surface area contributed by atoms with Crippen molar-refractivity contribution in [2.24, 2.45) is 5.92 Å². The fourth-order valence-electron chi connectivity index (χ4n) is 3.06. The van der Waals surface area contributed by atoms with E-state index in [1.807, 2.05) is 13.8 Å².